The van der Waals surface area contributed by atoms with Crippen LogP contribution in [0.15, 0.2) is 11.1 Å². The molecule has 4 heteroatoms. The molecule has 0 spiro atoms. The van der Waals surface area contributed by atoms with E-state index in [0.29, 0.717) is 0 Å². The van der Waals surface area contributed by atoms with Gasteiger partial charge in [0, 0.05) is 26.2 Å². The molecule has 0 aromatic rings. The van der Waals surface area contributed by atoms with Gasteiger partial charge in [0.2, 0.25) is 0 Å². The lowest BCUT2D eigenvalue weighted by Gasteiger charge is -2.21. The van der Waals surface area contributed by atoms with Gasteiger partial charge >= 0.3 is 5.97 Å². The Kier molecular flexibility index (Phi) is 2.09. The average Bonchev–Trinajstić information content (AvgIpc) is 2.59. The Morgan fingerprint density at radius 3 is 2.46 bits per heavy atom. The topological polar surface area (TPSA) is 52.6 Å². The zero-order chi connectivity index (χ0) is 9.42. The van der Waals surface area contributed by atoms with E-state index < -0.39 is 5.97 Å². The fourth-order valence-corrected chi connectivity index (χ4v) is 1.93. The smallest absolute Gasteiger partial charge is 0.320 e. The first kappa shape index (κ1) is 8.72. The Morgan fingerprint density at radius 1 is 1.46 bits per heavy atom. The van der Waals surface area contributed by atoms with Crippen molar-refractivity contribution < 1.29 is 9.90 Å². The summed E-state index contributed by atoms with van der Waals surface area (Å²) in [5.41, 5.74) is 2.79. The van der Waals surface area contributed by atoms with E-state index in [-0.39, 0.29) is 6.04 Å². The van der Waals surface area contributed by atoms with E-state index in [4.69, 9.17) is 5.11 Å². The molecule has 2 aliphatic heterocycles. The van der Waals surface area contributed by atoms with Crippen LogP contribution in [0.25, 0.3) is 0 Å². The number of hydrogen-bond acceptors (Lipinski definition) is 3. The van der Waals surface area contributed by atoms with E-state index in [9.17, 15) is 4.79 Å². The maximum absolute atomic E-state index is 10.7. The van der Waals surface area contributed by atoms with Crippen LogP contribution in [0, 0.1) is 0 Å². The van der Waals surface area contributed by atoms with Gasteiger partial charge in [0.15, 0.2) is 0 Å². The minimum absolute atomic E-state index is 0.356. The second-order valence-corrected chi connectivity index (χ2v) is 3.73. The van der Waals surface area contributed by atoms with Crippen molar-refractivity contribution in [3.05, 3.63) is 11.1 Å². The molecule has 0 radical (unpaired) electrons. The van der Waals surface area contributed by atoms with Crippen LogP contribution in [-0.4, -0.2) is 48.2 Å². The van der Waals surface area contributed by atoms with Crippen molar-refractivity contribution in [3.8, 4) is 0 Å². The Bertz CT molecular complexity index is 257. The largest absolute Gasteiger partial charge is 0.480 e. The van der Waals surface area contributed by atoms with Gasteiger partial charge < -0.3 is 10.4 Å². The average molecular weight is 182 g/mol. The predicted octanol–water partition coefficient (Wildman–Crippen LogP) is -0.325. The fraction of sp³-hybridized carbons (Fsp3) is 0.667. The molecule has 0 bridgehead atoms. The molecule has 0 saturated carbocycles. The Morgan fingerprint density at radius 2 is 2.00 bits per heavy atom. The molecule has 13 heavy (non-hydrogen) atoms. The molecule has 2 rings (SSSR count). The van der Waals surface area contributed by atoms with Crippen LogP contribution in [0.4, 0.5) is 0 Å². The van der Waals surface area contributed by atoms with Crippen molar-refractivity contribution in [2.24, 2.45) is 0 Å². The van der Waals surface area contributed by atoms with Crippen molar-refractivity contribution in [3.63, 3.8) is 0 Å². The third-order valence-electron chi connectivity index (χ3n) is 2.87. The lowest BCUT2D eigenvalue weighted by Crippen LogP contribution is -2.39. The lowest BCUT2D eigenvalue weighted by atomic mass is 10.2. The minimum Gasteiger partial charge on any atom is -0.480 e. The van der Waals surface area contributed by atoms with Crippen LogP contribution in [0.3, 0.4) is 0 Å². The summed E-state index contributed by atoms with van der Waals surface area (Å²) < 4.78 is 0. The zero-order valence-electron chi connectivity index (χ0n) is 7.71. The number of carbonyl (C=O) groups is 1. The van der Waals surface area contributed by atoms with Crippen molar-refractivity contribution in [1.82, 2.24) is 10.2 Å². The van der Waals surface area contributed by atoms with E-state index in [1.165, 1.54) is 11.1 Å². The summed E-state index contributed by atoms with van der Waals surface area (Å²) in [5, 5.41) is 12.1. The Labute approximate surface area is 77.2 Å². The summed E-state index contributed by atoms with van der Waals surface area (Å²) in [4.78, 5) is 12.7. The van der Waals surface area contributed by atoms with Crippen molar-refractivity contribution in [2.45, 2.75) is 13.0 Å². The summed E-state index contributed by atoms with van der Waals surface area (Å²) in [6.07, 6.45) is 0. The second kappa shape index (κ2) is 3.12. The summed E-state index contributed by atoms with van der Waals surface area (Å²) in [5.74, 6) is -0.728. The summed E-state index contributed by atoms with van der Waals surface area (Å²) >= 11 is 0. The predicted molar refractivity (Wildman–Crippen MR) is 48.6 cm³/mol. The third-order valence-corrected chi connectivity index (χ3v) is 2.87. The molecule has 4 nitrogen and oxygen atoms in total. The molecule has 2 aliphatic rings. The number of nitrogens with zero attached hydrogens (tertiary/aromatic N) is 1. The Hall–Kier alpha value is -0.870. The van der Waals surface area contributed by atoms with Gasteiger partial charge in [-0.25, -0.2) is 0 Å². The molecular formula is C9H14N2O2. The van der Waals surface area contributed by atoms with Crippen LogP contribution in [0.5, 0.6) is 0 Å². The van der Waals surface area contributed by atoms with Gasteiger partial charge in [0.05, 0.1) is 0 Å². The van der Waals surface area contributed by atoms with Gasteiger partial charge in [-0.2, -0.15) is 0 Å². The van der Waals surface area contributed by atoms with E-state index in [1.54, 1.807) is 6.92 Å². The summed E-state index contributed by atoms with van der Waals surface area (Å²) in [6, 6.07) is -0.356. The van der Waals surface area contributed by atoms with Gasteiger partial charge in [-0.15, -0.1) is 0 Å². The summed E-state index contributed by atoms with van der Waals surface area (Å²) in [6.45, 7) is 5.29. The molecule has 1 unspecified atom stereocenters. The van der Waals surface area contributed by atoms with E-state index in [0.717, 1.165) is 26.2 Å². The first-order valence-electron chi connectivity index (χ1n) is 4.56. The highest BCUT2D eigenvalue weighted by Gasteiger charge is 2.30. The van der Waals surface area contributed by atoms with Crippen molar-refractivity contribution in [1.29, 1.82) is 0 Å². The van der Waals surface area contributed by atoms with Crippen LogP contribution < -0.4 is 5.32 Å². The van der Waals surface area contributed by atoms with Crippen LogP contribution >= 0.6 is 0 Å². The number of nitrogens with one attached hydrogen (secondary N) is 1. The maximum Gasteiger partial charge on any atom is 0.320 e. The molecule has 0 amide bonds. The molecule has 0 saturated heterocycles. The molecule has 2 N–H and O–H groups in total. The van der Waals surface area contributed by atoms with Crippen LogP contribution in [-0.2, 0) is 4.79 Å². The highest BCUT2D eigenvalue weighted by atomic mass is 16.4. The molecule has 2 heterocycles. The lowest BCUT2D eigenvalue weighted by molar-refractivity contribution is -0.142. The van der Waals surface area contributed by atoms with Gasteiger partial charge in [-0.3, -0.25) is 9.69 Å². The van der Waals surface area contributed by atoms with Gasteiger partial charge in [0.25, 0.3) is 0 Å². The van der Waals surface area contributed by atoms with Crippen LogP contribution in [0.2, 0.25) is 0 Å². The molecule has 72 valence electrons. The maximum atomic E-state index is 10.7. The van der Waals surface area contributed by atoms with Gasteiger partial charge in [0.1, 0.15) is 6.04 Å². The van der Waals surface area contributed by atoms with Gasteiger partial charge in [-0.1, -0.05) is 0 Å². The monoisotopic (exact) mass is 182 g/mol. The van der Waals surface area contributed by atoms with Crippen molar-refractivity contribution >= 4 is 5.97 Å². The third kappa shape index (κ3) is 1.47. The highest BCUT2D eigenvalue weighted by molar-refractivity contribution is 5.73. The van der Waals surface area contributed by atoms with E-state index >= 15 is 0 Å². The first-order valence-corrected chi connectivity index (χ1v) is 4.56. The Balaban J connectivity index is 1.98. The molecule has 1 atom stereocenters. The number of hydrogen-bond donors (Lipinski definition) is 2. The molecule has 0 aromatic carbocycles. The number of aliphatic carboxylic acids is 1. The normalized spacial score (nSPS) is 25.0. The first-order chi connectivity index (χ1) is 6.18. The standard InChI is InChI=1S/C9H14N2O2/c1-6(9(12)13)11-4-7-2-10-3-8(7)5-11/h6,10H,2-5H2,1H3,(H,12,13). The highest BCUT2D eigenvalue weighted by Crippen LogP contribution is 2.21. The SMILES string of the molecule is CC(C(=O)O)N1CC2=C(CNC2)C1. The number of rotatable bonds is 2. The quantitative estimate of drug-likeness (QED) is 0.574. The summed E-state index contributed by atoms with van der Waals surface area (Å²) in [7, 11) is 0. The van der Waals surface area contributed by atoms with Crippen LogP contribution in [0.1, 0.15) is 6.92 Å². The molecule has 0 aliphatic carbocycles. The van der Waals surface area contributed by atoms with E-state index in [2.05, 4.69) is 5.32 Å². The molecule has 0 fully saturated rings. The minimum atomic E-state index is -0.728. The van der Waals surface area contributed by atoms with Gasteiger partial charge in [-0.05, 0) is 18.1 Å². The molecule has 0 aromatic heterocycles. The van der Waals surface area contributed by atoms with Crippen molar-refractivity contribution in [2.75, 3.05) is 26.2 Å². The molecular weight excluding hydrogens is 168 g/mol. The number of carboxylic acids is 1. The fourth-order valence-electron chi connectivity index (χ4n) is 1.93. The number of carboxylic acid groups (broad SMARTS) is 1. The van der Waals surface area contributed by atoms with E-state index in [1.807, 2.05) is 4.90 Å². The zero-order valence-corrected chi connectivity index (χ0v) is 7.71. The second-order valence-electron chi connectivity index (χ2n) is 3.73.